The van der Waals surface area contributed by atoms with Crippen molar-refractivity contribution in [1.29, 1.82) is 0 Å². The van der Waals surface area contributed by atoms with Crippen LogP contribution in [0, 0.1) is 23.5 Å². The number of benzene rings is 1. The first-order valence-electron chi connectivity index (χ1n) is 11.2. The Morgan fingerprint density at radius 1 is 0.879 bits per heavy atom. The summed E-state index contributed by atoms with van der Waals surface area (Å²) in [6.45, 7) is 2.96. The lowest BCUT2D eigenvalue weighted by molar-refractivity contribution is -0.158. The number of ether oxygens (including phenoxy) is 2. The van der Waals surface area contributed by atoms with E-state index in [0.29, 0.717) is 51.4 Å². The highest BCUT2D eigenvalue weighted by Crippen LogP contribution is 2.22. The van der Waals surface area contributed by atoms with E-state index in [9.17, 15) is 28.0 Å². The maximum atomic E-state index is 13.9. The number of esters is 2. The van der Waals surface area contributed by atoms with Crippen LogP contribution in [0.4, 0.5) is 8.78 Å². The smallest absolute Gasteiger partial charge is 0.309 e. The minimum Gasteiger partial charge on any atom is -0.466 e. The Balaban J connectivity index is 1.40. The van der Waals surface area contributed by atoms with E-state index in [1.54, 1.807) is 11.8 Å². The lowest BCUT2D eigenvalue weighted by Gasteiger charge is -2.32. The SMILES string of the molecule is CCOC(=O)C1CCN(C(=O)COC(=O)C2CCN(C(=O)c3ccc(F)cc3F)CC2)CC1. The number of likely N-dealkylation sites (tertiary alicyclic amines) is 2. The molecule has 2 aliphatic rings. The van der Waals surface area contributed by atoms with Crippen LogP contribution in [0.25, 0.3) is 0 Å². The summed E-state index contributed by atoms with van der Waals surface area (Å²) in [4.78, 5) is 52.0. The fraction of sp³-hybridized carbons (Fsp3) is 0.565. The molecule has 2 aliphatic heterocycles. The van der Waals surface area contributed by atoms with E-state index in [-0.39, 0.29) is 43.1 Å². The molecule has 10 heteroatoms. The van der Waals surface area contributed by atoms with Crippen LogP contribution in [0.5, 0.6) is 0 Å². The third-order valence-electron chi connectivity index (χ3n) is 6.08. The summed E-state index contributed by atoms with van der Waals surface area (Å²) in [6, 6.07) is 2.79. The van der Waals surface area contributed by atoms with Crippen molar-refractivity contribution in [2.45, 2.75) is 32.6 Å². The van der Waals surface area contributed by atoms with Gasteiger partial charge in [-0.15, -0.1) is 0 Å². The first-order chi connectivity index (χ1) is 15.8. The van der Waals surface area contributed by atoms with Gasteiger partial charge in [-0.1, -0.05) is 0 Å². The van der Waals surface area contributed by atoms with Crippen molar-refractivity contribution in [1.82, 2.24) is 9.80 Å². The molecular weight excluding hydrogens is 438 g/mol. The molecule has 0 aromatic heterocycles. The summed E-state index contributed by atoms with van der Waals surface area (Å²) in [5.41, 5.74) is -0.213. The Kier molecular flexibility index (Phi) is 8.35. The van der Waals surface area contributed by atoms with E-state index < -0.39 is 29.4 Å². The summed E-state index contributed by atoms with van der Waals surface area (Å²) >= 11 is 0. The topological polar surface area (TPSA) is 93.2 Å². The average molecular weight is 466 g/mol. The van der Waals surface area contributed by atoms with Gasteiger partial charge in [0.15, 0.2) is 6.61 Å². The lowest BCUT2D eigenvalue weighted by Crippen LogP contribution is -2.43. The van der Waals surface area contributed by atoms with Gasteiger partial charge in [-0.3, -0.25) is 19.2 Å². The zero-order chi connectivity index (χ0) is 24.0. The highest BCUT2D eigenvalue weighted by molar-refractivity contribution is 5.94. The Morgan fingerprint density at radius 2 is 1.42 bits per heavy atom. The maximum absolute atomic E-state index is 13.9. The molecule has 1 aromatic carbocycles. The molecule has 0 atom stereocenters. The molecule has 0 aliphatic carbocycles. The predicted octanol–water partition coefficient (Wildman–Crippen LogP) is 2.16. The molecule has 0 unspecified atom stereocenters. The third kappa shape index (κ3) is 6.27. The van der Waals surface area contributed by atoms with E-state index in [1.165, 1.54) is 4.90 Å². The molecule has 0 bridgehead atoms. The standard InChI is InChI=1S/C23H28F2N2O6/c1-2-32-22(30)15-5-9-26(10-6-15)20(28)14-33-23(31)16-7-11-27(12-8-16)21(29)18-4-3-17(24)13-19(18)25/h3-4,13,15-16H,2,5-12,14H2,1H3. The van der Waals surface area contributed by atoms with E-state index in [0.717, 1.165) is 12.1 Å². The van der Waals surface area contributed by atoms with Crippen LogP contribution < -0.4 is 0 Å². The molecule has 3 rings (SSSR count). The predicted molar refractivity (Wildman–Crippen MR) is 112 cm³/mol. The Hall–Kier alpha value is -3.04. The number of amides is 2. The molecule has 0 saturated carbocycles. The van der Waals surface area contributed by atoms with E-state index in [2.05, 4.69) is 0 Å². The first kappa shape index (κ1) is 24.6. The van der Waals surface area contributed by atoms with Crippen LogP contribution in [0.2, 0.25) is 0 Å². The zero-order valence-electron chi connectivity index (χ0n) is 18.6. The lowest BCUT2D eigenvalue weighted by atomic mass is 9.96. The maximum Gasteiger partial charge on any atom is 0.309 e. The van der Waals surface area contributed by atoms with Crippen LogP contribution >= 0.6 is 0 Å². The van der Waals surface area contributed by atoms with Gasteiger partial charge < -0.3 is 19.3 Å². The molecule has 33 heavy (non-hydrogen) atoms. The second-order valence-electron chi connectivity index (χ2n) is 8.21. The molecule has 0 spiro atoms. The number of nitrogens with zero attached hydrogens (tertiary/aromatic N) is 2. The monoisotopic (exact) mass is 466 g/mol. The van der Waals surface area contributed by atoms with Crippen molar-refractivity contribution in [3.8, 4) is 0 Å². The summed E-state index contributed by atoms with van der Waals surface area (Å²) in [5.74, 6) is -3.99. The van der Waals surface area contributed by atoms with E-state index in [4.69, 9.17) is 9.47 Å². The van der Waals surface area contributed by atoms with Gasteiger partial charge in [-0.25, -0.2) is 8.78 Å². The quantitative estimate of drug-likeness (QED) is 0.597. The van der Waals surface area contributed by atoms with Crippen molar-refractivity contribution < 1.29 is 37.4 Å². The minimum absolute atomic E-state index is 0.213. The van der Waals surface area contributed by atoms with Crippen LogP contribution in [0.15, 0.2) is 18.2 Å². The number of piperidine rings is 2. The second kappa shape index (κ2) is 11.2. The summed E-state index contributed by atoms with van der Waals surface area (Å²) in [7, 11) is 0. The summed E-state index contributed by atoms with van der Waals surface area (Å²) in [5, 5.41) is 0. The van der Waals surface area contributed by atoms with Gasteiger partial charge in [-0.05, 0) is 44.7 Å². The number of carbonyl (C=O) groups excluding carboxylic acids is 4. The van der Waals surface area contributed by atoms with Crippen molar-refractivity contribution >= 4 is 23.8 Å². The normalized spacial score (nSPS) is 17.5. The molecule has 2 saturated heterocycles. The fourth-order valence-electron chi connectivity index (χ4n) is 4.12. The van der Waals surface area contributed by atoms with Crippen LogP contribution in [-0.2, 0) is 23.9 Å². The van der Waals surface area contributed by atoms with Crippen molar-refractivity contribution in [2.75, 3.05) is 39.4 Å². The zero-order valence-corrected chi connectivity index (χ0v) is 18.6. The van der Waals surface area contributed by atoms with Gasteiger partial charge in [-0.2, -0.15) is 0 Å². The number of rotatable bonds is 6. The number of halogens is 2. The van der Waals surface area contributed by atoms with Crippen LogP contribution in [0.1, 0.15) is 43.0 Å². The molecule has 180 valence electrons. The molecule has 2 fully saturated rings. The van der Waals surface area contributed by atoms with Crippen molar-refractivity contribution in [2.24, 2.45) is 11.8 Å². The highest BCUT2D eigenvalue weighted by Gasteiger charge is 2.32. The fourth-order valence-corrected chi connectivity index (χ4v) is 4.12. The Labute approximate surface area is 190 Å². The molecule has 1 aromatic rings. The van der Waals surface area contributed by atoms with Crippen molar-refractivity contribution in [3.63, 3.8) is 0 Å². The molecular formula is C23H28F2N2O6. The minimum atomic E-state index is -0.925. The van der Waals surface area contributed by atoms with Gasteiger partial charge in [0.25, 0.3) is 11.8 Å². The van der Waals surface area contributed by atoms with Crippen LogP contribution in [0.3, 0.4) is 0 Å². The molecule has 0 N–H and O–H groups in total. The van der Waals surface area contributed by atoms with Crippen LogP contribution in [-0.4, -0.2) is 72.9 Å². The van der Waals surface area contributed by atoms with Crippen molar-refractivity contribution in [3.05, 3.63) is 35.4 Å². The Bertz CT molecular complexity index is 893. The van der Waals surface area contributed by atoms with Gasteiger partial charge >= 0.3 is 11.9 Å². The van der Waals surface area contributed by atoms with E-state index in [1.807, 2.05) is 0 Å². The molecule has 0 radical (unpaired) electrons. The Morgan fingerprint density at radius 3 is 1.97 bits per heavy atom. The van der Waals surface area contributed by atoms with Gasteiger partial charge in [0.1, 0.15) is 11.6 Å². The number of carbonyl (C=O) groups is 4. The number of hydrogen-bond donors (Lipinski definition) is 0. The summed E-state index contributed by atoms with van der Waals surface area (Å²) in [6.07, 6.45) is 1.68. The second-order valence-corrected chi connectivity index (χ2v) is 8.21. The van der Waals surface area contributed by atoms with Gasteiger partial charge in [0, 0.05) is 32.2 Å². The largest absolute Gasteiger partial charge is 0.466 e. The number of hydrogen-bond acceptors (Lipinski definition) is 6. The van der Waals surface area contributed by atoms with Gasteiger partial charge in [0.05, 0.1) is 24.0 Å². The summed E-state index contributed by atoms with van der Waals surface area (Å²) < 4.78 is 37.1. The average Bonchev–Trinajstić information content (AvgIpc) is 2.82. The third-order valence-corrected chi connectivity index (χ3v) is 6.08. The van der Waals surface area contributed by atoms with E-state index >= 15 is 0 Å². The molecule has 8 nitrogen and oxygen atoms in total. The van der Waals surface area contributed by atoms with Gasteiger partial charge in [0.2, 0.25) is 0 Å². The molecule has 2 amide bonds. The first-order valence-corrected chi connectivity index (χ1v) is 11.2. The molecule has 2 heterocycles. The highest BCUT2D eigenvalue weighted by atomic mass is 19.1.